The van der Waals surface area contributed by atoms with Crippen molar-refractivity contribution in [3.63, 3.8) is 0 Å². The number of phenols is 1. The third-order valence-corrected chi connectivity index (χ3v) is 4.96. The van der Waals surface area contributed by atoms with Crippen molar-refractivity contribution >= 4 is 11.6 Å². The first-order chi connectivity index (χ1) is 14.9. The number of benzene rings is 3. The Morgan fingerprint density at radius 3 is 1.81 bits per heavy atom. The van der Waals surface area contributed by atoms with Crippen LogP contribution >= 0.6 is 0 Å². The van der Waals surface area contributed by atoms with E-state index < -0.39 is 11.5 Å². The van der Waals surface area contributed by atoms with Crippen molar-refractivity contribution in [1.82, 2.24) is 5.43 Å². The maximum Gasteiger partial charge on any atom is 0.281 e. The summed E-state index contributed by atoms with van der Waals surface area (Å²) in [4.78, 5) is 13.2. The lowest BCUT2D eigenvalue weighted by Crippen LogP contribution is -2.43. The minimum absolute atomic E-state index is 0.0403. The number of aromatic hydroxyl groups is 1. The molecule has 3 aromatic rings. The SMILES string of the molecule is COc1ccc(C(O)(C(=O)NN=C(C)c2ccccc2O)c2ccc(OC)cc2)cc1. The highest BCUT2D eigenvalue weighted by atomic mass is 16.5. The molecule has 0 saturated carbocycles. The molecule has 7 heteroatoms. The van der Waals surface area contributed by atoms with Crippen molar-refractivity contribution in [2.24, 2.45) is 5.10 Å². The number of aliphatic hydroxyl groups is 1. The smallest absolute Gasteiger partial charge is 0.281 e. The molecule has 0 aliphatic rings. The van der Waals surface area contributed by atoms with Gasteiger partial charge in [0.2, 0.25) is 0 Å². The minimum atomic E-state index is -2.03. The van der Waals surface area contributed by atoms with Gasteiger partial charge in [-0.1, -0.05) is 36.4 Å². The normalized spacial score (nSPS) is 11.7. The van der Waals surface area contributed by atoms with Gasteiger partial charge in [-0.25, -0.2) is 5.43 Å². The number of carbonyl (C=O) groups excluding carboxylic acids is 1. The van der Waals surface area contributed by atoms with E-state index in [4.69, 9.17) is 9.47 Å². The highest BCUT2D eigenvalue weighted by Crippen LogP contribution is 2.32. The Kier molecular flexibility index (Phi) is 6.57. The Morgan fingerprint density at radius 1 is 0.871 bits per heavy atom. The number of hydrazone groups is 1. The lowest BCUT2D eigenvalue weighted by molar-refractivity contribution is -0.136. The zero-order chi connectivity index (χ0) is 22.4. The van der Waals surface area contributed by atoms with Crippen molar-refractivity contribution in [2.75, 3.05) is 14.2 Å². The summed E-state index contributed by atoms with van der Waals surface area (Å²) in [5.41, 5.74) is 1.94. The number of methoxy groups -OCH3 is 2. The first kappa shape index (κ1) is 21.9. The number of phenolic OH excluding ortho intramolecular Hbond substituents is 1. The highest BCUT2D eigenvalue weighted by molar-refractivity contribution is 6.02. The molecule has 0 bridgehead atoms. The van der Waals surface area contributed by atoms with E-state index in [2.05, 4.69) is 10.5 Å². The van der Waals surface area contributed by atoms with Crippen LogP contribution in [0.25, 0.3) is 0 Å². The van der Waals surface area contributed by atoms with Crippen molar-refractivity contribution < 1.29 is 24.5 Å². The predicted octanol–water partition coefficient (Wildman–Crippen LogP) is 3.19. The molecule has 0 aliphatic carbocycles. The molecule has 0 heterocycles. The Labute approximate surface area is 180 Å². The van der Waals surface area contributed by atoms with E-state index in [1.165, 1.54) is 20.3 Å². The highest BCUT2D eigenvalue weighted by Gasteiger charge is 2.40. The minimum Gasteiger partial charge on any atom is -0.507 e. The molecule has 1 amide bonds. The summed E-state index contributed by atoms with van der Waals surface area (Å²) in [7, 11) is 3.07. The standard InChI is InChI=1S/C24H24N2O5/c1-16(21-6-4-5-7-22(21)27)25-26-23(28)24(29,17-8-12-19(30-2)13-9-17)18-10-14-20(31-3)15-11-18/h4-15,27,29H,1-3H3,(H,26,28). The summed E-state index contributed by atoms with van der Waals surface area (Å²) in [6.07, 6.45) is 0. The molecular weight excluding hydrogens is 396 g/mol. The van der Waals surface area contributed by atoms with Gasteiger partial charge in [-0.3, -0.25) is 4.79 Å². The first-order valence-corrected chi connectivity index (χ1v) is 9.54. The van der Waals surface area contributed by atoms with Crippen LogP contribution < -0.4 is 14.9 Å². The molecular formula is C24H24N2O5. The molecule has 0 saturated heterocycles. The number of nitrogens with zero attached hydrogens (tertiary/aromatic N) is 1. The summed E-state index contributed by atoms with van der Waals surface area (Å²) in [5, 5.41) is 25.7. The maximum absolute atomic E-state index is 13.2. The van der Waals surface area contributed by atoms with E-state index in [0.29, 0.717) is 33.9 Å². The molecule has 3 rings (SSSR count). The van der Waals surface area contributed by atoms with Crippen molar-refractivity contribution in [2.45, 2.75) is 12.5 Å². The number of hydrogen-bond donors (Lipinski definition) is 3. The lowest BCUT2D eigenvalue weighted by atomic mass is 9.85. The molecule has 0 fully saturated rings. The van der Waals surface area contributed by atoms with Crippen LogP contribution in [0.3, 0.4) is 0 Å². The van der Waals surface area contributed by atoms with Crippen molar-refractivity contribution in [3.05, 3.63) is 89.5 Å². The van der Waals surface area contributed by atoms with Crippen LogP contribution in [0.1, 0.15) is 23.6 Å². The monoisotopic (exact) mass is 420 g/mol. The van der Waals surface area contributed by atoms with Crippen LogP contribution in [-0.4, -0.2) is 36.1 Å². The molecule has 0 radical (unpaired) electrons. The molecule has 31 heavy (non-hydrogen) atoms. The van der Waals surface area contributed by atoms with Gasteiger partial charge in [0.1, 0.15) is 17.2 Å². The molecule has 3 aromatic carbocycles. The van der Waals surface area contributed by atoms with E-state index in [1.54, 1.807) is 73.7 Å². The zero-order valence-corrected chi connectivity index (χ0v) is 17.5. The third kappa shape index (κ3) is 4.51. The van der Waals surface area contributed by atoms with Crippen LogP contribution in [0, 0.1) is 0 Å². The average Bonchev–Trinajstić information content (AvgIpc) is 2.82. The number of hydrogen-bond acceptors (Lipinski definition) is 6. The number of amides is 1. The average molecular weight is 420 g/mol. The number of para-hydroxylation sites is 1. The molecule has 3 N–H and O–H groups in total. The summed E-state index contributed by atoms with van der Waals surface area (Å²) in [5.74, 6) is 0.473. The van der Waals surface area contributed by atoms with Gasteiger partial charge in [-0.2, -0.15) is 5.10 Å². The second-order valence-corrected chi connectivity index (χ2v) is 6.82. The second-order valence-electron chi connectivity index (χ2n) is 6.82. The Bertz CT molecular complexity index is 1030. The molecule has 7 nitrogen and oxygen atoms in total. The molecule has 0 aromatic heterocycles. The number of carbonyl (C=O) groups is 1. The van der Waals surface area contributed by atoms with E-state index in [-0.39, 0.29) is 5.75 Å². The largest absolute Gasteiger partial charge is 0.507 e. The van der Waals surface area contributed by atoms with Crippen LogP contribution in [0.2, 0.25) is 0 Å². The van der Waals surface area contributed by atoms with E-state index >= 15 is 0 Å². The van der Waals surface area contributed by atoms with Gasteiger partial charge < -0.3 is 19.7 Å². The summed E-state index contributed by atoms with van der Waals surface area (Å²) >= 11 is 0. The molecule has 160 valence electrons. The Balaban J connectivity index is 1.99. The van der Waals surface area contributed by atoms with Gasteiger partial charge in [0.15, 0.2) is 5.60 Å². The summed E-state index contributed by atoms with van der Waals surface area (Å²) < 4.78 is 10.3. The van der Waals surface area contributed by atoms with Gasteiger partial charge in [0.25, 0.3) is 5.91 Å². The van der Waals surface area contributed by atoms with Crippen LogP contribution in [-0.2, 0) is 10.4 Å². The lowest BCUT2D eigenvalue weighted by Gasteiger charge is -2.27. The van der Waals surface area contributed by atoms with Gasteiger partial charge >= 0.3 is 0 Å². The molecule has 0 spiro atoms. The number of ether oxygens (including phenoxy) is 2. The van der Waals surface area contributed by atoms with Crippen molar-refractivity contribution in [3.8, 4) is 17.2 Å². The van der Waals surface area contributed by atoms with E-state index in [1.807, 2.05) is 0 Å². The fourth-order valence-corrected chi connectivity index (χ4v) is 3.15. The number of nitrogens with one attached hydrogen (secondary N) is 1. The fraction of sp³-hybridized carbons (Fsp3) is 0.167. The third-order valence-electron chi connectivity index (χ3n) is 4.96. The first-order valence-electron chi connectivity index (χ1n) is 9.54. The fourth-order valence-electron chi connectivity index (χ4n) is 3.15. The van der Waals surface area contributed by atoms with Crippen LogP contribution in [0.15, 0.2) is 77.9 Å². The van der Waals surface area contributed by atoms with E-state index in [9.17, 15) is 15.0 Å². The van der Waals surface area contributed by atoms with Gasteiger partial charge in [0, 0.05) is 5.56 Å². The number of rotatable bonds is 7. The van der Waals surface area contributed by atoms with Gasteiger partial charge in [-0.05, 0) is 54.4 Å². The Morgan fingerprint density at radius 2 is 1.35 bits per heavy atom. The molecule has 0 aliphatic heterocycles. The molecule has 0 unspecified atom stereocenters. The topological polar surface area (TPSA) is 100 Å². The summed E-state index contributed by atoms with van der Waals surface area (Å²) in [6, 6.07) is 19.7. The van der Waals surface area contributed by atoms with Gasteiger partial charge in [0.05, 0.1) is 19.9 Å². The predicted molar refractivity (Wildman–Crippen MR) is 117 cm³/mol. The zero-order valence-electron chi connectivity index (χ0n) is 17.5. The van der Waals surface area contributed by atoms with Gasteiger partial charge in [-0.15, -0.1) is 0 Å². The Hall–Kier alpha value is -3.84. The quantitative estimate of drug-likeness (QED) is 0.403. The maximum atomic E-state index is 13.2. The van der Waals surface area contributed by atoms with Crippen molar-refractivity contribution in [1.29, 1.82) is 0 Å². The van der Waals surface area contributed by atoms with Crippen LogP contribution in [0.4, 0.5) is 0 Å². The summed E-state index contributed by atoms with van der Waals surface area (Å²) in [6.45, 7) is 1.65. The molecule has 0 atom stereocenters. The second kappa shape index (κ2) is 9.32. The van der Waals surface area contributed by atoms with E-state index in [0.717, 1.165) is 0 Å². The van der Waals surface area contributed by atoms with Crippen LogP contribution in [0.5, 0.6) is 17.2 Å².